The van der Waals surface area contributed by atoms with Crippen molar-refractivity contribution in [2.45, 2.75) is 12.5 Å². The minimum atomic E-state index is -0.108. The Hall–Kier alpha value is -2.15. The summed E-state index contributed by atoms with van der Waals surface area (Å²) in [6, 6.07) is 0. The Morgan fingerprint density at radius 3 is 3.20 bits per heavy atom. The van der Waals surface area contributed by atoms with Crippen molar-refractivity contribution in [1.29, 1.82) is 0 Å². The molecule has 106 valence electrons. The molecular weight excluding hydrogens is 258 g/mol. The summed E-state index contributed by atoms with van der Waals surface area (Å²) in [6.45, 7) is 1.29. The SMILES string of the molecule is Cn1cncc1C(=O)NC[C@H]1CCO[C@@H]1c1cn[nH]c1. The molecule has 0 aromatic carbocycles. The van der Waals surface area contributed by atoms with Gasteiger partial charge in [0.15, 0.2) is 0 Å². The average Bonchev–Trinajstić information content (AvgIpc) is 3.16. The van der Waals surface area contributed by atoms with Crippen LogP contribution in [0.4, 0.5) is 0 Å². The van der Waals surface area contributed by atoms with Gasteiger partial charge in [0.1, 0.15) is 5.69 Å². The van der Waals surface area contributed by atoms with Crippen LogP contribution < -0.4 is 5.32 Å². The quantitative estimate of drug-likeness (QED) is 0.858. The lowest BCUT2D eigenvalue weighted by Crippen LogP contribution is -2.31. The minimum absolute atomic E-state index is 0.000544. The van der Waals surface area contributed by atoms with E-state index >= 15 is 0 Å². The lowest BCUT2D eigenvalue weighted by molar-refractivity contribution is 0.0842. The first-order valence-corrected chi connectivity index (χ1v) is 6.60. The highest BCUT2D eigenvalue weighted by Crippen LogP contribution is 2.33. The Balaban J connectivity index is 1.61. The Kier molecular flexibility index (Phi) is 3.51. The van der Waals surface area contributed by atoms with Crippen LogP contribution in [0.5, 0.6) is 0 Å². The molecule has 0 spiro atoms. The molecule has 7 heteroatoms. The first-order chi connectivity index (χ1) is 9.75. The van der Waals surface area contributed by atoms with Crippen LogP contribution in [0.1, 0.15) is 28.6 Å². The van der Waals surface area contributed by atoms with Crippen LogP contribution in [0.25, 0.3) is 0 Å². The summed E-state index contributed by atoms with van der Waals surface area (Å²) in [6.07, 6.45) is 7.72. The van der Waals surface area contributed by atoms with Crippen LogP contribution in [0, 0.1) is 5.92 Å². The molecular formula is C13H17N5O2. The lowest BCUT2D eigenvalue weighted by Gasteiger charge is -2.17. The van der Waals surface area contributed by atoms with Crippen LogP contribution in [0.3, 0.4) is 0 Å². The van der Waals surface area contributed by atoms with E-state index in [9.17, 15) is 4.79 Å². The zero-order valence-electron chi connectivity index (χ0n) is 11.2. The highest BCUT2D eigenvalue weighted by molar-refractivity contribution is 5.92. The Morgan fingerprint density at radius 2 is 2.50 bits per heavy atom. The number of ether oxygens (including phenoxy) is 1. The summed E-state index contributed by atoms with van der Waals surface area (Å²) in [7, 11) is 1.80. The van der Waals surface area contributed by atoms with Crippen LogP contribution in [-0.2, 0) is 11.8 Å². The van der Waals surface area contributed by atoms with Gasteiger partial charge in [-0.1, -0.05) is 0 Å². The number of rotatable bonds is 4. The van der Waals surface area contributed by atoms with Crippen LogP contribution in [0.2, 0.25) is 0 Å². The zero-order chi connectivity index (χ0) is 13.9. The van der Waals surface area contributed by atoms with Crippen molar-refractivity contribution in [3.8, 4) is 0 Å². The Bertz CT molecular complexity index is 577. The van der Waals surface area contributed by atoms with E-state index in [1.165, 1.54) is 0 Å². The van der Waals surface area contributed by atoms with Gasteiger partial charge in [0.2, 0.25) is 0 Å². The summed E-state index contributed by atoms with van der Waals surface area (Å²) in [4.78, 5) is 16.0. The number of nitrogens with one attached hydrogen (secondary N) is 2. The molecule has 3 heterocycles. The maximum Gasteiger partial charge on any atom is 0.269 e. The van der Waals surface area contributed by atoms with E-state index in [0.717, 1.165) is 12.0 Å². The van der Waals surface area contributed by atoms with Crippen LogP contribution in [-0.4, -0.2) is 38.8 Å². The second-order valence-corrected chi connectivity index (χ2v) is 4.97. The van der Waals surface area contributed by atoms with Gasteiger partial charge in [0.25, 0.3) is 5.91 Å². The van der Waals surface area contributed by atoms with Crippen molar-refractivity contribution >= 4 is 5.91 Å². The van der Waals surface area contributed by atoms with Gasteiger partial charge in [-0.2, -0.15) is 5.10 Å². The molecule has 0 aliphatic carbocycles. The summed E-state index contributed by atoms with van der Waals surface area (Å²) < 4.78 is 7.43. The molecule has 1 aliphatic heterocycles. The molecule has 0 radical (unpaired) electrons. The molecule has 2 N–H and O–H groups in total. The van der Waals surface area contributed by atoms with Crippen molar-refractivity contribution in [2.24, 2.45) is 13.0 Å². The summed E-state index contributed by atoms with van der Waals surface area (Å²) in [5.74, 6) is 0.160. The fourth-order valence-corrected chi connectivity index (χ4v) is 2.52. The molecule has 3 rings (SSSR count). The number of H-pyrrole nitrogens is 1. The third-order valence-corrected chi connectivity index (χ3v) is 3.64. The highest BCUT2D eigenvalue weighted by Gasteiger charge is 2.30. The minimum Gasteiger partial charge on any atom is -0.373 e. The van der Waals surface area contributed by atoms with Gasteiger partial charge in [-0.25, -0.2) is 4.98 Å². The standard InChI is InChI=1S/C13H17N5O2/c1-18-8-14-7-11(18)13(19)15-4-9-2-3-20-12(9)10-5-16-17-6-10/h5-9,12H,2-4H2,1H3,(H,15,19)(H,16,17)/t9-,12+/m1/s1. The van der Waals surface area contributed by atoms with Gasteiger partial charge >= 0.3 is 0 Å². The molecule has 2 aromatic rings. The molecule has 20 heavy (non-hydrogen) atoms. The normalized spacial score (nSPS) is 22.1. The molecule has 0 unspecified atom stereocenters. The van der Waals surface area contributed by atoms with Gasteiger partial charge in [0, 0.05) is 37.9 Å². The van der Waals surface area contributed by atoms with E-state index in [-0.39, 0.29) is 17.9 Å². The number of aromatic amines is 1. The Labute approximate surface area is 116 Å². The van der Waals surface area contributed by atoms with Gasteiger partial charge in [-0.3, -0.25) is 9.89 Å². The zero-order valence-corrected chi connectivity index (χ0v) is 11.2. The first kappa shape index (κ1) is 12.9. The molecule has 2 aromatic heterocycles. The highest BCUT2D eigenvalue weighted by atomic mass is 16.5. The number of hydrogen-bond donors (Lipinski definition) is 2. The number of aryl methyl sites for hydroxylation is 1. The van der Waals surface area contributed by atoms with Gasteiger partial charge < -0.3 is 14.6 Å². The predicted molar refractivity (Wildman–Crippen MR) is 70.9 cm³/mol. The fourth-order valence-electron chi connectivity index (χ4n) is 2.52. The maximum atomic E-state index is 12.0. The average molecular weight is 275 g/mol. The molecule has 1 fully saturated rings. The molecule has 1 saturated heterocycles. The van der Waals surface area contributed by atoms with Gasteiger partial charge in [-0.15, -0.1) is 0 Å². The maximum absolute atomic E-state index is 12.0. The van der Waals surface area contributed by atoms with Crippen molar-refractivity contribution in [2.75, 3.05) is 13.2 Å². The molecule has 0 bridgehead atoms. The van der Waals surface area contributed by atoms with Crippen molar-refractivity contribution in [1.82, 2.24) is 25.1 Å². The second-order valence-electron chi connectivity index (χ2n) is 4.97. The van der Waals surface area contributed by atoms with Crippen molar-refractivity contribution < 1.29 is 9.53 Å². The van der Waals surface area contributed by atoms with E-state index in [0.29, 0.717) is 18.8 Å². The third-order valence-electron chi connectivity index (χ3n) is 3.64. The molecule has 0 saturated carbocycles. The van der Waals surface area contributed by atoms with Gasteiger partial charge in [0.05, 0.1) is 24.8 Å². The van der Waals surface area contributed by atoms with Gasteiger partial charge in [-0.05, 0) is 6.42 Å². The number of carbonyl (C=O) groups is 1. The molecule has 1 aliphatic rings. The van der Waals surface area contributed by atoms with Crippen molar-refractivity contribution in [3.05, 3.63) is 36.2 Å². The lowest BCUT2D eigenvalue weighted by atomic mass is 9.97. The topological polar surface area (TPSA) is 84.8 Å². The van der Waals surface area contributed by atoms with Crippen LogP contribution in [0.15, 0.2) is 24.9 Å². The van der Waals surface area contributed by atoms with E-state index < -0.39 is 0 Å². The Morgan fingerprint density at radius 1 is 1.60 bits per heavy atom. The van der Waals surface area contributed by atoms with Crippen molar-refractivity contribution in [3.63, 3.8) is 0 Å². The number of carbonyl (C=O) groups excluding carboxylic acids is 1. The number of nitrogens with zero attached hydrogens (tertiary/aromatic N) is 3. The van der Waals surface area contributed by atoms with E-state index in [1.807, 2.05) is 6.20 Å². The van der Waals surface area contributed by atoms with E-state index in [4.69, 9.17) is 4.74 Å². The number of imidazole rings is 1. The first-order valence-electron chi connectivity index (χ1n) is 6.60. The van der Waals surface area contributed by atoms with E-state index in [2.05, 4.69) is 20.5 Å². The largest absolute Gasteiger partial charge is 0.373 e. The summed E-state index contributed by atoms with van der Waals surface area (Å²) >= 11 is 0. The molecule has 7 nitrogen and oxygen atoms in total. The summed E-state index contributed by atoms with van der Waals surface area (Å²) in [5, 5.41) is 9.69. The van der Waals surface area contributed by atoms with E-state index in [1.54, 1.807) is 30.3 Å². The van der Waals surface area contributed by atoms with Crippen LogP contribution >= 0.6 is 0 Å². The fraction of sp³-hybridized carbons (Fsp3) is 0.462. The molecule has 1 amide bonds. The predicted octanol–water partition coefficient (Wildman–Crippen LogP) is 0.651. The number of amides is 1. The monoisotopic (exact) mass is 275 g/mol. The third kappa shape index (κ3) is 2.44. The number of aromatic nitrogens is 4. The smallest absolute Gasteiger partial charge is 0.269 e. The number of hydrogen-bond acceptors (Lipinski definition) is 4. The summed E-state index contributed by atoms with van der Waals surface area (Å²) in [5.41, 5.74) is 1.59. The second kappa shape index (κ2) is 5.46. The molecule has 2 atom stereocenters.